The zero-order valence-corrected chi connectivity index (χ0v) is 15.9. The molecule has 1 aromatic carbocycles. The number of esters is 1. The third-order valence-electron chi connectivity index (χ3n) is 4.11. The second-order valence-corrected chi connectivity index (χ2v) is 5.62. The molecule has 0 saturated carbocycles. The zero-order chi connectivity index (χ0) is 17.0. The molecule has 0 aromatic heterocycles. The van der Waals surface area contributed by atoms with Gasteiger partial charge in [0.2, 0.25) is 0 Å². The fourth-order valence-electron chi connectivity index (χ4n) is 2.82. The molecule has 2 fully saturated rings. The number of hydrogen-bond donors (Lipinski definition) is 0. The van der Waals surface area contributed by atoms with Crippen molar-refractivity contribution in [3.05, 3.63) is 35.9 Å². The smallest absolute Gasteiger partial charge is 0.303 e. The number of carbonyl (C=O) groups is 1. The maximum atomic E-state index is 11.3. The van der Waals surface area contributed by atoms with E-state index in [1.165, 1.54) is 6.92 Å². The van der Waals surface area contributed by atoms with Gasteiger partial charge in [-0.15, -0.1) is 0 Å². The summed E-state index contributed by atoms with van der Waals surface area (Å²) in [5.74, 6) is -0.264. The number of benzene rings is 1. The second kappa shape index (κ2) is 8.41. The minimum Gasteiger partial charge on any atom is -0.459 e. The average Bonchev–Trinajstić information content (AvgIpc) is 2.98. The first-order valence-electron chi connectivity index (χ1n) is 7.62. The molecule has 0 spiro atoms. The summed E-state index contributed by atoms with van der Waals surface area (Å²) in [7, 11) is 0. The van der Waals surface area contributed by atoms with Crippen molar-refractivity contribution in [1.29, 1.82) is 0 Å². The molecule has 0 amide bonds. The highest BCUT2D eigenvalue weighted by Crippen LogP contribution is 2.40. The van der Waals surface area contributed by atoms with Crippen molar-refractivity contribution in [2.45, 2.75) is 51.7 Å². The molecular weight excluding hydrogens is 411 g/mol. The van der Waals surface area contributed by atoms with Crippen LogP contribution in [0.4, 0.5) is 0 Å². The standard InChI is InChI=1S/C16H20O5.CH3I/c1-9-10(2)18-16-14(13(9)19-11(3)17)20-15(21-16)12-7-5-4-6-8-12;1-2/h4-10,13-16H,1-3H3;1H3. The summed E-state index contributed by atoms with van der Waals surface area (Å²) >= 11 is 2.15. The van der Waals surface area contributed by atoms with Crippen LogP contribution in [0.25, 0.3) is 0 Å². The molecule has 5 nitrogen and oxygen atoms in total. The van der Waals surface area contributed by atoms with E-state index in [9.17, 15) is 4.79 Å². The van der Waals surface area contributed by atoms with Crippen LogP contribution < -0.4 is 0 Å². The lowest BCUT2D eigenvalue weighted by atomic mass is 9.91. The van der Waals surface area contributed by atoms with E-state index >= 15 is 0 Å². The first kappa shape index (κ1) is 18.6. The van der Waals surface area contributed by atoms with Crippen molar-refractivity contribution in [3.63, 3.8) is 0 Å². The molecule has 3 rings (SSSR count). The minimum atomic E-state index is -0.509. The quantitative estimate of drug-likeness (QED) is 0.406. The molecule has 2 heterocycles. The summed E-state index contributed by atoms with van der Waals surface area (Å²) < 4.78 is 23.1. The van der Waals surface area contributed by atoms with E-state index in [4.69, 9.17) is 18.9 Å². The Balaban J connectivity index is 0.000000924. The van der Waals surface area contributed by atoms with Crippen LogP contribution in [0.15, 0.2) is 30.3 Å². The Morgan fingerprint density at radius 2 is 1.74 bits per heavy atom. The Morgan fingerprint density at radius 3 is 2.35 bits per heavy atom. The van der Waals surface area contributed by atoms with Gasteiger partial charge < -0.3 is 18.9 Å². The van der Waals surface area contributed by atoms with Gasteiger partial charge in [0.05, 0.1) is 6.10 Å². The van der Waals surface area contributed by atoms with E-state index in [-0.39, 0.29) is 24.1 Å². The van der Waals surface area contributed by atoms with Gasteiger partial charge in [-0.05, 0) is 11.9 Å². The third-order valence-corrected chi connectivity index (χ3v) is 4.11. The Kier molecular flexibility index (Phi) is 6.82. The molecule has 2 saturated heterocycles. The fourth-order valence-corrected chi connectivity index (χ4v) is 2.82. The van der Waals surface area contributed by atoms with Crippen LogP contribution in [0.2, 0.25) is 0 Å². The van der Waals surface area contributed by atoms with Gasteiger partial charge in [0.1, 0.15) is 12.2 Å². The van der Waals surface area contributed by atoms with Crippen LogP contribution in [-0.2, 0) is 23.7 Å². The minimum absolute atomic E-state index is 0.0493. The highest BCUT2D eigenvalue weighted by atomic mass is 127. The van der Waals surface area contributed by atoms with Gasteiger partial charge in [0, 0.05) is 18.4 Å². The number of halogens is 1. The lowest BCUT2D eigenvalue weighted by molar-refractivity contribution is -0.229. The highest BCUT2D eigenvalue weighted by Gasteiger charge is 2.51. The topological polar surface area (TPSA) is 54.0 Å². The van der Waals surface area contributed by atoms with Crippen LogP contribution in [0, 0.1) is 5.92 Å². The normalized spacial score (nSPS) is 35.7. The number of alkyl halides is 1. The van der Waals surface area contributed by atoms with Crippen LogP contribution >= 0.6 is 22.6 Å². The third kappa shape index (κ3) is 4.23. The molecule has 128 valence electrons. The van der Waals surface area contributed by atoms with Gasteiger partial charge >= 0.3 is 5.97 Å². The monoisotopic (exact) mass is 434 g/mol. The summed E-state index contributed by atoms with van der Waals surface area (Å²) in [6.45, 7) is 5.36. The molecule has 0 radical (unpaired) electrons. The van der Waals surface area contributed by atoms with Crippen LogP contribution in [0.1, 0.15) is 32.6 Å². The van der Waals surface area contributed by atoms with Crippen LogP contribution in [0.5, 0.6) is 0 Å². The first-order chi connectivity index (χ1) is 11.1. The van der Waals surface area contributed by atoms with Crippen molar-refractivity contribution in [2.24, 2.45) is 5.92 Å². The molecule has 6 unspecified atom stereocenters. The summed E-state index contributed by atoms with van der Waals surface area (Å²) in [4.78, 5) is 13.3. The molecule has 1 aromatic rings. The number of hydrogen-bond acceptors (Lipinski definition) is 5. The molecule has 0 bridgehead atoms. The Labute approximate surface area is 150 Å². The summed E-state index contributed by atoms with van der Waals surface area (Å²) in [6, 6.07) is 9.68. The van der Waals surface area contributed by atoms with E-state index in [1.807, 2.05) is 49.1 Å². The Morgan fingerprint density at radius 1 is 1.09 bits per heavy atom. The molecule has 6 heteroatoms. The lowest BCUT2D eigenvalue weighted by Gasteiger charge is -2.39. The molecule has 0 aliphatic carbocycles. The fraction of sp³-hybridized carbons (Fsp3) is 0.588. The number of rotatable bonds is 2. The second-order valence-electron chi connectivity index (χ2n) is 5.62. The van der Waals surface area contributed by atoms with E-state index in [0.717, 1.165) is 5.56 Å². The molecular formula is C17H23IO5. The number of ether oxygens (including phenoxy) is 4. The lowest BCUT2D eigenvalue weighted by Crippen LogP contribution is -2.52. The van der Waals surface area contributed by atoms with E-state index in [2.05, 4.69) is 22.6 Å². The largest absolute Gasteiger partial charge is 0.459 e. The van der Waals surface area contributed by atoms with E-state index in [0.29, 0.717) is 0 Å². The number of carbonyl (C=O) groups excluding carboxylic acids is 1. The number of fused-ring (bicyclic) bond motifs is 1. The predicted octanol–water partition coefficient (Wildman–Crippen LogP) is 3.46. The Bertz CT molecular complexity index is 509. The van der Waals surface area contributed by atoms with Gasteiger partial charge in [-0.2, -0.15) is 0 Å². The van der Waals surface area contributed by atoms with Crippen molar-refractivity contribution in [3.8, 4) is 0 Å². The maximum Gasteiger partial charge on any atom is 0.303 e. The van der Waals surface area contributed by atoms with Crippen molar-refractivity contribution < 1.29 is 23.7 Å². The van der Waals surface area contributed by atoms with Crippen molar-refractivity contribution >= 4 is 28.6 Å². The SMILES string of the molecule is CC(=O)OC1C(C)C(C)OC2OC(c3ccccc3)OC21.CI. The molecule has 6 atom stereocenters. The van der Waals surface area contributed by atoms with Gasteiger partial charge in [0.15, 0.2) is 12.6 Å². The van der Waals surface area contributed by atoms with Gasteiger partial charge in [-0.3, -0.25) is 4.79 Å². The van der Waals surface area contributed by atoms with E-state index < -0.39 is 18.7 Å². The molecule has 0 N–H and O–H groups in total. The average molecular weight is 434 g/mol. The molecule has 2 aliphatic rings. The highest BCUT2D eigenvalue weighted by molar-refractivity contribution is 14.1. The van der Waals surface area contributed by atoms with Gasteiger partial charge in [0.25, 0.3) is 0 Å². The van der Waals surface area contributed by atoms with Gasteiger partial charge in [-0.25, -0.2) is 0 Å². The van der Waals surface area contributed by atoms with Crippen molar-refractivity contribution in [1.82, 2.24) is 0 Å². The summed E-state index contributed by atoms with van der Waals surface area (Å²) in [5, 5.41) is 0. The van der Waals surface area contributed by atoms with Gasteiger partial charge in [-0.1, -0.05) is 59.8 Å². The Hall–Kier alpha value is -0.700. The molecule has 2 aliphatic heterocycles. The maximum absolute atomic E-state index is 11.3. The first-order valence-corrected chi connectivity index (χ1v) is 9.78. The predicted molar refractivity (Wildman–Crippen MR) is 94.1 cm³/mol. The van der Waals surface area contributed by atoms with E-state index in [1.54, 1.807) is 0 Å². The summed E-state index contributed by atoms with van der Waals surface area (Å²) in [5.41, 5.74) is 0.928. The molecule has 23 heavy (non-hydrogen) atoms. The zero-order valence-electron chi connectivity index (χ0n) is 13.8. The van der Waals surface area contributed by atoms with Crippen LogP contribution in [-0.4, -0.2) is 35.5 Å². The summed E-state index contributed by atoms with van der Waals surface area (Å²) in [6.07, 6.45) is -1.81. The van der Waals surface area contributed by atoms with Crippen molar-refractivity contribution in [2.75, 3.05) is 4.93 Å². The van der Waals surface area contributed by atoms with Crippen LogP contribution in [0.3, 0.4) is 0 Å².